The molecule has 0 radical (unpaired) electrons. The van der Waals surface area contributed by atoms with Crippen LogP contribution in [0.4, 0.5) is 0 Å². The van der Waals surface area contributed by atoms with Crippen LogP contribution in [0.25, 0.3) is 0 Å². The lowest BCUT2D eigenvalue weighted by atomic mass is 9.77. The number of hydrazone groups is 1. The standard InChI is InChI=1S/C13H22N4O/c1-3-17(15-2)13(8-9-14)6-4-12(5-7-13)16-10-11-18/h3,12,16,18H,1-2,4-8,10-11H2. The van der Waals surface area contributed by atoms with Crippen molar-refractivity contribution in [2.45, 2.75) is 43.7 Å². The van der Waals surface area contributed by atoms with Crippen molar-refractivity contribution in [2.75, 3.05) is 13.2 Å². The molecule has 0 aliphatic heterocycles. The van der Waals surface area contributed by atoms with Crippen molar-refractivity contribution in [3.8, 4) is 6.07 Å². The summed E-state index contributed by atoms with van der Waals surface area (Å²) in [5.41, 5.74) is -0.254. The van der Waals surface area contributed by atoms with Crippen LogP contribution in [-0.4, -0.2) is 41.6 Å². The van der Waals surface area contributed by atoms with Crippen molar-refractivity contribution < 1.29 is 5.11 Å². The molecule has 5 nitrogen and oxygen atoms in total. The first-order valence-electron chi connectivity index (χ1n) is 6.32. The topological polar surface area (TPSA) is 71.7 Å². The minimum Gasteiger partial charge on any atom is -0.395 e. The Balaban J connectivity index is 2.65. The lowest BCUT2D eigenvalue weighted by molar-refractivity contribution is 0.0904. The zero-order chi connectivity index (χ0) is 13.4. The highest BCUT2D eigenvalue weighted by atomic mass is 16.3. The van der Waals surface area contributed by atoms with E-state index in [1.165, 1.54) is 0 Å². The average molecular weight is 250 g/mol. The largest absolute Gasteiger partial charge is 0.395 e. The summed E-state index contributed by atoms with van der Waals surface area (Å²) >= 11 is 0. The van der Waals surface area contributed by atoms with Gasteiger partial charge in [-0.25, -0.2) is 0 Å². The van der Waals surface area contributed by atoms with E-state index < -0.39 is 0 Å². The molecule has 0 bridgehead atoms. The first kappa shape index (κ1) is 14.7. The molecule has 1 rings (SSSR count). The molecule has 0 heterocycles. The van der Waals surface area contributed by atoms with Gasteiger partial charge in [-0.15, -0.1) is 0 Å². The van der Waals surface area contributed by atoms with Crippen LogP contribution in [0.15, 0.2) is 17.9 Å². The predicted molar refractivity (Wildman–Crippen MR) is 71.9 cm³/mol. The molecule has 0 aromatic rings. The summed E-state index contributed by atoms with van der Waals surface area (Å²) in [6.07, 6.45) is 5.79. The maximum Gasteiger partial charge on any atom is 0.0757 e. The van der Waals surface area contributed by atoms with E-state index in [-0.39, 0.29) is 12.1 Å². The minimum absolute atomic E-state index is 0.160. The maximum atomic E-state index is 9.01. The molecule has 0 atom stereocenters. The van der Waals surface area contributed by atoms with Crippen LogP contribution in [0, 0.1) is 11.3 Å². The molecule has 0 spiro atoms. The van der Waals surface area contributed by atoms with Gasteiger partial charge >= 0.3 is 0 Å². The first-order chi connectivity index (χ1) is 8.72. The van der Waals surface area contributed by atoms with Crippen LogP contribution in [-0.2, 0) is 0 Å². The summed E-state index contributed by atoms with van der Waals surface area (Å²) in [4.78, 5) is 0. The van der Waals surface area contributed by atoms with Gasteiger partial charge in [0.15, 0.2) is 0 Å². The monoisotopic (exact) mass is 250 g/mol. The maximum absolute atomic E-state index is 9.01. The van der Waals surface area contributed by atoms with Gasteiger partial charge in [-0.1, -0.05) is 6.58 Å². The third-order valence-corrected chi connectivity index (χ3v) is 3.68. The van der Waals surface area contributed by atoms with Gasteiger partial charge in [0, 0.05) is 25.5 Å². The summed E-state index contributed by atoms with van der Waals surface area (Å²) < 4.78 is 0. The molecule has 1 fully saturated rings. The number of hydrogen-bond donors (Lipinski definition) is 2. The van der Waals surface area contributed by atoms with E-state index in [4.69, 9.17) is 10.4 Å². The lowest BCUT2D eigenvalue weighted by Gasteiger charge is -2.43. The Morgan fingerprint density at radius 1 is 1.56 bits per heavy atom. The van der Waals surface area contributed by atoms with Crippen molar-refractivity contribution in [1.29, 1.82) is 5.26 Å². The van der Waals surface area contributed by atoms with Crippen molar-refractivity contribution in [1.82, 2.24) is 10.3 Å². The molecule has 1 aliphatic rings. The Labute approximate surface area is 109 Å². The Bertz CT molecular complexity index is 307. The molecule has 0 unspecified atom stereocenters. The third kappa shape index (κ3) is 3.31. The number of hydrogen-bond acceptors (Lipinski definition) is 5. The predicted octanol–water partition coefficient (Wildman–Crippen LogP) is 1.22. The summed E-state index contributed by atoms with van der Waals surface area (Å²) in [6.45, 7) is 8.07. The van der Waals surface area contributed by atoms with Crippen molar-refractivity contribution in [3.63, 3.8) is 0 Å². The van der Waals surface area contributed by atoms with Gasteiger partial charge < -0.3 is 10.4 Å². The van der Waals surface area contributed by atoms with Crippen LogP contribution < -0.4 is 5.32 Å². The highest BCUT2D eigenvalue weighted by molar-refractivity contribution is 5.23. The van der Waals surface area contributed by atoms with E-state index in [1.54, 1.807) is 11.2 Å². The van der Waals surface area contributed by atoms with Gasteiger partial charge in [0.1, 0.15) is 0 Å². The Morgan fingerprint density at radius 3 is 2.67 bits per heavy atom. The number of nitrogens with zero attached hydrogens (tertiary/aromatic N) is 3. The fourth-order valence-electron chi connectivity index (χ4n) is 2.66. The van der Waals surface area contributed by atoms with Gasteiger partial charge in [-0.2, -0.15) is 10.4 Å². The molecule has 2 N–H and O–H groups in total. The molecule has 18 heavy (non-hydrogen) atoms. The fraction of sp³-hybridized carbons (Fsp3) is 0.692. The summed E-state index contributed by atoms with van der Waals surface area (Å²) in [6, 6.07) is 2.66. The van der Waals surface area contributed by atoms with Gasteiger partial charge in [0.2, 0.25) is 0 Å². The molecule has 5 heteroatoms. The quantitative estimate of drug-likeness (QED) is 0.526. The van der Waals surface area contributed by atoms with Crippen LogP contribution in [0.3, 0.4) is 0 Å². The Kier molecular flexibility index (Phi) is 5.83. The fourth-order valence-corrected chi connectivity index (χ4v) is 2.66. The molecule has 0 aromatic carbocycles. The van der Waals surface area contributed by atoms with Crippen molar-refractivity contribution >= 4 is 6.72 Å². The highest BCUT2D eigenvalue weighted by Gasteiger charge is 2.39. The number of aliphatic hydroxyl groups excluding tert-OH is 1. The number of rotatable bonds is 7. The van der Waals surface area contributed by atoms with E-state index in [9.17, 15) is 0 Å². The van der Waals surface area contributed by atoms with Gasteiger partial charge in [0.05, 0.1) is 24.6 Å². The molecule has 1 saturated carbocycles. The molecule has 1 aliphatic carbocycles. The van der Waals surface area contributed by atoms with E-state index in [0.29, 0.717) is 19.0 Å². The Hall–Kier alpha value is -1.38. The SMILES string of the molecule is C=CN(N=C)C1(CC#N)CCC(NCCO)CC1. The highest BCUT2D eigenvalue weighted by Crippen LogP contribution is 2.36. The summed E-state index contributed by atoms with van der Waals surface area (Å²) in [5.74, 6) is 0. The number of nitrogens with one attached hydrogen (secondary N) is 1. The molecule has 100 valence electrons. The zero-order valence-corrected chi connectivity index (χ0v) is 10.8. The molecule has 0 saturated heterocycles. The normalized spacial score (nSPS) is 27.2. The molecular weight excluding hydrogens is 228 g/mol. The molecule has 0 aromatic heterocycles. The summed E-state index contributed by atoms with van der Waals surface area (Å²) in [5, 5.41) is 26.8. The van der Waals surface area contributed by atoms with Crippen molar-refractivity contribution in [3.05, 3.63) is 12.8 Å². The van der Waals surface area contributed by atoms with E-state index in [1.807, 2.05) is 0 Å². The first-order valence-corrected chi connectivity index (χ1v) is 6.32. The second kappa shape index (κ2) is 7.14. The summed E-state index contributed by atoms with van der Waals surface area (Å²) in [7, 11) is 0. The zero-order valence-electron chi connectivity index (χ0n) is 10.8. The number of aliphatic hydroxyl groups is 1. The smallest absolute Gasteiger partial charge is 0.0757 e. The Morgan fingerprint density at radius 2 is 2.22 bits per heavy atom. The average Bonchev–Trinajstić information content (AvgIpc) is 2.40. The lowest BCUT2D eigenvalue weighted by Crippen LogP contribution is -2.49. The molecular formula is C13H22N4O. The van der Waals surface area contributed by atoms with Gasteiger partial charge in [-0.3, -0.25) is 5.01 Å². The second-order valence-corrected chi connectivity index (χ2v) is 4.68. The van der Waals surface area contributed by atoms with E-state index in [0.717, 1.165) is 25.7 Å². The molecule has 0 amide bonds. The van der Waals surface area contributed by atoms with Crippen LogP contribution >= 0.6 is 0 Å². The van der Waals surface area contributed by atoms with Crippen molar-refractivity contribution in [2.24, 2.45) is 5.10 Å². The van der Waals surface area contributed by atoms with Crippen LogP contribution in [0.5, 0.6) is 0 Å². The van der Waals surface area contributed by atoms with Gasteiger partial charge in [0.25, 0.3) is 0 Å². The second-order valence-electron chi connectivity index (χ2n) is 4.68. The number of nitriles is 1. The van der Waals surface area contributed by atoms with Gasteiger partial charge in [-0.05, 0) is 25.7 Å². The third-order valence-electron chi connectivity index (χ3n) is 3.68. The van der Waals surface area contributed by atoms with E-state index in [2.05, 4.69) is 29.8 Å². The van der Waals surface area contributed by atoms with Crippen LogP contribution in [0.2, 0.25) is 0 Å². The van der Waals surface area contributed by atoms with E-state index >= 15 is 0 Å². The van der Waals surface area contributed by atoms with Crippen LogP contribution in [0.1, 0.15) is 32.1 Å². The minimum atomic E-state index is -0.254.